The predicted octanol–water partition coefficient (Wildman–Crippen LogP) is 2.50. The molecule has 104 valence electrons. The Morgan fingerprint density at radius 3 is 2.19 bits per heavy atom. The molecule has 0 aromatic heterocycles. The normalized spacial score (nSPS) is 9.38. The molecule has 21 heavy (non-hydrogen) atoms. The highest BCUT2D eigenvalue weighted by atomic mass is 15.1. The van der Waals surface area contributed by atoms with Crippen molar-refractivity contribution in [2.45, 2.75) is 6.54 Å². The van der Waals surface area contributed by atoms with Gasteiger partial charge >= 0.3 is 0 Å². The number of anilines is 1. The summed E-state index contributed by atoms with van der Waals surface area (Å²) in [5, 5.41) is 8.81. The summed E-state index contributed by atoms with van der Waals surface area (Å²) in [6, 6.07) is 17.9. The van der Waals surface area contributed by atoms with E-state index in [4.69, 9.17) is 11.0 Å². The van der Waals surface area contributed by atoms with Crippen LogP contribution in [-0.4, -0.2) is 13.6 Å². The van der Waals surface area contributed by atoms with E-state index < -0.39 is 0 Å². The average Bonchev–Trinajstić information content (AvgIpc) is 2.54. The first-order valence-corrected chi connectivity index (χ1v) is 6.72. The van der Waals surface area contributed by atoms with Crippen molar-refractivity contribution in [3.63, 3.8) is 0 Å². The van der Waals surface area contributed by atoms with Gasteiger partial charge in [-0.1, -0.05) is 24.0 Å². The molecule has 3 nitrogen and oxygen atoms in total. The highest BCUT2D eigenvalue weighted by Gasteiger charge is 2.02. The van der Waals surface area contributed by atoms with Crippen molar-refractivity contribution in [3.05, 3.63) is 65.2 Å². The number of nitriles is 1. The first-order valence-electron chi connectivity index (χ1n) is 6.72. The van der Waals surface area contributed by atoms with Gasteiger partial charge in [0.05, 0.1) is 18.2 Å². The van der Waals surface area contributed by atoms with Gasteiger partial charge in [-0.15, -0.1) is 0 Å². The number of hydrogen-bond acceptors (Lipinski definition) is 3. The third kappa shape index (κ3) is 4.11. The molecule has 0 saturated heterocycles. The molecule has 2 rings (SSSR count). The molecule has 0 aliphatic carbocycles. The summed E-state index contributed by atoms with van der Waals surface area (Å²) in [6.45, 7) is 1.18. The molecule has 0 aliphatic heterocycles. The minimum Gasteiger partial charge on any atom is -0.370 e. The van der Waals surface area contributed by atoms with E-state index in [0.29, 0.717) is 12.1 Å². The van der Waals surface area contributed by atoms with Crippen molar-refractivity contribution in [2.75, 3.05) is 18.5 Å². The van der Waals surface area contributed by atoms with Crippen LogP contribution < -0.4 is 10.6 Å². The monoisotopic (exact) mass is 275 g/mol. The molecular weight excluding hydrogens is 258 g/mol. The van der Waals surface area contributed by atoms with Crippen LogP contribution in [0.4, 0.5) is 5.69 Å². The van der Waals surface area contributed by atoms with Crippen LogP contribution in [0.2, 0.25) is 0 Å². The Morgan fingerprint density at radius 1 is 1.00 bits per heavy atom. The number of hydrogen-bond donors (Lipinski definition) is 1. The molecule has 0 aliphatic rings. The van der Waals surface area contributed by atoms with E-state index in [9.17, 15) is 0 Å². The third-order valence-corrected chi connectivity index (χ3v) is 3.15. The molecule has 0 saturated carbocycles. The highest BCUT2D eigenvalue weighted by molar-refractivity contribution is 5.49. The van der Waals surface area contributed by atoms with Crippen LogP contribution >= 0.6 is 0 Å². The predicted molar refractivity (Wildman–Crippen MR) is 85.6 cm³/mol. The van der Waals surface area contributed by atoms with Gasteiger partial charge in [-0.2, -0.15) is 5.26 Å². The zero-order valence-electron chi connectivity index (χ0n) is 12.0. The van der Waals surface area contributed by atoms with Crippen LogP contribution in [-0.2, 0) is 6.54 Å². The lowest BCUT2D eigenvalue weighted by molar-refractivity contribution is 0.923. The number of rotatable bonds is 3. The molecule has 0 bridgehead atoms. The van der Waals surface area contributed by atoms with Gasteiger partial charge in [0, 0.05) is 24.8 Å². The van der Waals surface area contributed by atoms with Crippen molar-refractivity contribution in [2.24, 2.45) is 5.73 Å². The summed E-state index contributed by atoms with van der Waals surface area (Å²) in [5.74, 6) is 5.85. The Labute approximate surface area is 125 Å². The van der Waals surface area contributed by atoms with Gasteiger partial charge in [0.15, 0.2) is 0 Å². The molecule has 2 aromatic rings. The lowest BCUT2D eigenvalue weighted by Gasteiger charge is -2.19. The zero-order valence-corrected chi connectivity index (χ0v) is 12.0. The Balaban J connectivity index is 2.04. The van der Waals surface area contributed by atoms with E-state index in [0.717, 1.165) is 17.8 Å². The van der Waals surface area contributed by atoms with Gasteiger partial charge in [-0.05, 0) is 42.0 Å². The minimum atomic E-state index is 0.378. The van der Waals surface area contributed by atoms with E-state index in [2.05, 4.69) is 34.9 Å². The molecule has 3 heteroatoms. The molecule has 0 heterocycles. The maximum Gasteiger partial charge on any atom is 0.0991 e. The largest absolute Gasteiger partial charge is 0.370 e. The van der Waals surface area contributed by atoms with E-state index in [-0.39, 0.29) is 0 Å². The van der Waals surface area contributed by atoms with Crippen molar-refractivity contribution >= 4 is 5.69 Å². The summed E-state index contributed by atoms with van der Waals surface area (Å²) in [4.78, 5) is 2.14. The topological polar surface area (TPSA) is 53.0 Å². The minimum absolute atomic E-state index is 0.378. The lowest BCUT2D eigenvalue weighted by atomic mass is 10.1. The van der Waals surface area contributed by atoms with Crippen LogP contribution in [0.3, 0.4) is 0 Å². The van der Waals surface area contributed by atoms with Crippen molar-refractivity contribution < 1.29 is 0 Å². The molecule has 0 spiro atoms. The van der Waals surface area contributed by atoms with E-state index in [1.807, 2.05) is 43.4 Å². The Hall–Kier alpha value is -2.75. The Bertz CT molecular complexity index is 682. The summed E-state index contributed by atoms with van der Waals surface area (Å²) in [7, 11) is 2.03. The fraction of sp³-hybridized carbons (Fsp3) is 0.167. The van der Waals surface area contributed by atoms with Crippen LogP contribution in [0.5, 0.6) is 0 Å². The molecule has 0 atom stereocenters. The Morgan fingerprint density at radius 2 is 1.62 bits per heavy atom. The van der Waals surface area contributed by atoms with E-state index in [1.165, 1.54) is 5.56 Å². The number of nitrogens with zero attached hydrogens (tertiary/aromatic N) is 2. The maximum atomic E-state index is 8.81. The van der Waals surface area contributed by atoms with E-state index >= 15 is 0 Å². The second kappa shape index (κ2) is 7.14. The first-order chi connectivity index (χ1) is 10.2. The molecule has 2 aromatic carbocycles. The fourth-order valence-corrected chi connectivity index (χ4v) is 2.00. The number of nitrogens with two attached hydrogens (primary N) is 1. The van der Waals surface area contributed by atoms with Crippen LogP contribution in [0.15, 0.2) is 48.5 Å². The van der Waals surface area contributed by atoms with Crippen molar-refractivity contribution in [1.82, 2.24) is 0 Å². The van der Waals surface area contributed by atoms with Gasteiger partial charge in [0.25, 0.3) is 0 Å². The van der Waals surface area contributed by atoms with Crippen LogP contribution in [0, 0.1) is 23.2 Å². The number of benzene rings is 2. The molecular formula is C18H17N3. The summed E-state index contributed by atoms with van der Waals surface area (Å²) in [6.07, 6.45) is 0. The third-order valence-electron chi connectivity index (χ3n) is 3.15. The standard InChI is InChI=1S/C18H17N3/c1-21(18-10-8-16(13-20)9-11-18)14-17-6-4-15(5-7-17)3-2-12-19/h4-11H,12,14,19H2,1H3. The van der Waals surface area contributed by atoms with Crippen molar-refractivity contribution in [1.29, 1.82) is 5.26 Å². The van der Waals surface area contributed by atoms with Gasteiger partial charge < -0.3 is 10.6 Å². The molecule has 0 fully saturated rings. The smallest absolute Gasteiger partial charge is 0.0991 e. The van der Waals surface area contributed by atoms with Gasteiger partial charge in [-0.25, -0.2) is 0 Å². The van der Waals surface area contributed by atoms with E-state index in [1.54, 1.807) is 0 Å². The molecule has 2 N–H and O–H groups in total. The molecule has 0 amide bonds. The highest BCUT2D eigenvalue weighted by Crippen LogP contribution is 2.16. The van der Waals surface area contributed by atoms with Gasteiger partial charge in [-0.3, -0.25) is 0 Å². The summed E-state index contributed by atoms with van der Waals surface area (Å²) >= 11 is 0. The SMILES string of the molecule is CN(Cc1ccc(C#CCN)cc1)c1ccc(C#N)cc1. The Kier molecular flexibility index (Phi) is 4.99. The molecule has 0 unspecified atom stereocenters. The van der Waals surface area contributed by atoms with Crippen molar-refractivity contribution in [3.8, 4) is 17.9 Å². The fourth-order valence-electron chi connectivity index (χ4n) is 2.00. The van der Waals surface area contributed by atoms with Gasteiger partial charge in [0.1, 0.15) is 0 Å². The maximum absolute atomic E-state index is 8.81. The average molecular weight is 275 g/mol. The summed E-state index contributed by atoms with van der Waals surface area (Å²) < 4.78 is 0. The lowest BCUT2D eigenvalue weighted by Crippen LogP contribution is -2.16. The molecule has 0 radical (unpaired) electrons. The second-order valence-corrected chi connectivity index (χ2v) is 4.72. The van der Waals surface area contributed by atoms with Gasteiger partial charge in [0.2, 0.25) is 0 Å². The zero-order chi connectivity index (χ0) is 15.1. The van der Waals surface area contributed by atoms with Crippen LogP contribution in [0.1, 0.15) is 16.7 Å². The van der Waals surface area contributed by atoms with Crippen LogP contribution in [0.25, 0.3) is 0 Å². The second-order valence-electron chi connectivity index (χ2n) is 4.72. The quantitative estimate of drug-likeness (QED) is 0.876. The summed E-state index contributed by atoms with van der Waals surface area (Å²) in [5.41, 5.74) is 9.30. The first kappa shape index (κ1) is 14.7.